The van der Waals surface area contributed by atoms with Gasteiger partial charge in [-0.1, -0.05) is 93.2 Å². The molecule has 2 heterocycles. The number of likely N-dealkylation sites (tertiary alicyclic amines) is 1. The third kappa shape index (κ3) is 4.69. The molecule has 0 unspecified atom stereocenters. The van der Waals surface area contributed by atoms with Crippen molar-refractivity contribution in [3.63, 3.8) is 0 Å². The monoisotopic (exact) mass is 428 g/mol. The smallest absolute Gasteiger partial charge is 0.253 e. The van der Waals surface area contributed by atoms with Gasteiger partial charge in [-0.15, -0.1) is 0 Å². The summed E-state index contributed by atoms with van der Waals surface area (Å²) in [6, 6.07) is 18.6. The maximum Gasteiger partial charge on any atom is 0.253 e. The molecule has 1 saturated heterocycles. The number of carbonyl (C=O) groups excluding carboxylic acids is 1. The Morgan fingerprint density at radius 2 is 1.72 bits per heavy atom. The number of hydrogen-bond donors (Lipinski definition) is 0. The molecule has 32 heavy (non-hydrogen) atoms. The fourth-order valence-corrected chi connectivity index (χ4v) is 4.34. The summed E-state index contributed by atoms with van der Waals surface area (Å²) < 4.78 is 0. The van der Waals surface area contributed by atoms with Crippen molar-refractivity contribution in [1.82, 2.24) is 4.90 Å². The minimum Gasteiger partial charge on any atom is -0.388 e. The number of oxime groups is 1. The van der Waals surface area contributed by atoms with Gasteiger partial charge in [0.15, 0.2) is 0 Å². The molecule has 2 aliphatic rings. The SMILES string of the molecule is C=CC(=Cc1ccc(C(C)(C)C)cc1)C(=O)N1CCC2(CC1)CC(c1ccccc1)=NO2. The minimum absolute atomic E-state index is 0.0250. The van der Waals surface area contributed by atoms with Crippen LogP contribution < -0.4 is 0 Å². The molecule has 0 radical (unpaired) electrons. The summed E-state index contributed by atoms with van der Waals surface area (Å²) >= 11 is 0. The molecule has 0 bridgehead atoms. The second-order valence-corrected chi connectivity index (χ2v) is 9.82. The van der Waals surface area contributed by atoms with Crippen molar-refractivity contribution in [3.8, 4) is 0 Å². The van der Waals surface area contributed by atoms with Crippen LogP contribution in [0.25, 0.3) is 6.08 Å². The van der Waals surface area contributed by atoms with Gasteiger partial charge in [0.2, 0.25) is 0 Å². The van der Waals surface area contributed by atoms with Crippen LogP contribution >= 0.6 is 0 Å². The Balaban J connectivity index is 1.39. The summed E-state index contributed by atoms with van der Waals surface area (Å²) in [5.41, 5.74) is 4.83. The van der Waals surface area contributed by atoms with E-state index in [4.69, 9.17) is 4.84 Å². The van der Waals surface area contributed by atoms with E-state index in [1.165, 1.54) is 5.56 Å². The average molecular weight is 429 g/mol. The zero-order chi connectivity index (χ0) is 22.8. The summed E-state index contributed by atoms with van der Waals surface area (Å²) in [7, 11) is 0. The van der Waals surface area contributed by atoms with Gasteiger partial charge in [0.1, 0.15) is 5.60 Å². The van der Waals surface area contributed by atoms with Crippen LogP contribution in [0.2, 0.25) is 0 Å². The zero-order valence-electron chi connectivity index (χ0n) is 19.3. The third-order valence-corrected chi connectivity index (χ3v) is 6.47. The average Bonchev–Trinajstić information content (AvgIpc) is 3.21. The highest BCUT2D eigenvalue weighted by Gasteiger charge is 2.43. The van der Waals surface area contributed by atoms with Crippen LogP contribution in [0.5, 0.6) is 0 Å². The minimum atomic E-state index is -0.289. The third-order valence-electron chi connectivity index (χ3n) is 6.47. The summed E-state index contributed by atoms with van der Waals surface area (Å²) in [5, 5.41) is 4.37. The Morgan fingerprint density at radius 3 is 2.31 bits per heavy atom. The van der Waals surface area contributed by atoms with Gasteiger partial charge in [-0.3, -0.25) is 4.79 Å². The van der Waals surface area contributed by atoms with Gasteiger partial charge in [0, 0.05) is 37.9 Å². The number of piperidine rings is 1. The molecule has 0 atom stereocenters. The number of rotatable bonds is 4. The van der Waals surface area contributed by atoms with Crippen molar-refractivity contribution in [2.45, 2.75) is 51.0 Å². The Kier molecular flexibility index (Phi) is 6.05. The first-order chi connectivity index (χ1) is 15.3. The molecule has 1 spiro atoms. The van der Waals surface area contributed by atoms with Gasteiger partial charge in [-0.05, 0) is 28.2 Å². The highest BCUT2D eigenvalue weighted by Crippen LogP contribution is 2.36. The normalized spacial score (nSPS) is 18.3. The van der Waals surface area contributed by atoms with Gasteiger partial charge in [-0.2, -0.15) is 0 Å². The molecule has 2 aromatic rings. The molecule has 166 valence electrons. The second-order valence-electron chi connectivity index (χ2n) is 9.82. The molecular weight excluding hydrogens is 396 g/mol. The van der Waals surface area contributed by atoms with Crippen molar-refractivity contribution in [2.24, 2.45) is 5.16 Å². The predicted molar refractivity (Wildman–Crippen MR) is 131 cm³/mol. The van der Waals surface area contributed by atoms with E-state index in [2.05, 4.69) is 68.9 Å². The van der Waals surface area contributed by atoms with Crippen LogP contribution in [0.15, 0.2) is 78.0 Å². The quantitative estimate of drug-likeness (QED) is 0.460. The van der Waals surface area contributed by atoms with Crippen LogP contribution in [0.1, 0.15) is 56.7 Å². The molecule has 4 rings (SSSR count). The molecule has 4 heteroatoms. The lowest BCUT2D eigenvalue weighted by molar-refractivity contribution is -0.132. The highest BCUT2D eigenvalue weighted by atomic mass is 16.7. The van der Waals surface area contributed by atoms with E-state index in [0.717, 1.165) is 36.1 Å². The van der Waals surface area contributed by atoms with Gasteiger partial charge in [0.05, 0.1) is 5.71 Å². The largest absolute Gasteiger partial charge is 0.388 e. The molecule has 0 aliphatic carbocycles. The van der Waals surface area contributed by atoms with Gasteiger partial charge in [-0.25, -0.2) is 0 Å². The Bertz CT molecular complexity index is 1040. The first kappa shape index (κ1) is 22.1. The molecular formula is C28H32N2O2. The van der Waals surface area contributed by atoms with Gasteiger partial charge in [0.25, 0.3) is 5.91 Å². The predicted octanol–water partition coefficient (Wildman–Crippen LogP) is 5.74. The summed E-state index contributed by atoms with van der Waals surface area (Å²) in [4.78, 5) is 21.0. The number of hydrogen-bond acceptors (Lipinski definition) is 3. The lowest BCUT2D eigenvalue weighted by Gasteiger charge is -2.37. The first-order valence-corrected chi connectivity index (χ1v) is 11.3. The van der Waals surface area contributed by atoms with E-state index in [-0.39, 0.29) is 16.9 Å². The maximum atomic E-state index is 13.2. The van der Waals surface area contributed by atoms with Crippen molar-refractivity contribution in [3.05, 3.63) is 89.5 Å². The van der Waals surface area contributed by atoms with Gasteiger partial charge >= 0.3 is 0 Å². The van der Waals surface area contributed by atoms with Crippen molar-refractivity contribution >= 4 is 17.7 Å². The Hall–Kier alpha value is -3.14. The van der Waals surface area contributed by atoms with E-state index in [1.807, 2.05) is 29.2 Å². The van der Waals surface area contributed by atoms with E-state index < -0.39 is 0 Å². The standard InChI is InChI=1S/C28H32N2O2/c1-5-22(19-21-11-13-24(14-12-21)27(2,3)4)26(31)30-17-15-28(16-18-30)20-25(29-32-28)23-9-7-6-8-10-23/h5-14,19H,1,15-18,20H2,2-4H3. The van der Waals surface area contributed by atoms with E-state index >= 15 is 0 Å². The van der Waals surface area contributed by atoms with Crippen molar-refractivity contribution < 1.29 is 9.63 Å². The fourth-order valence-electron chi connectivity index (χ4n) is 4.34. The first-order valence-electron chi connectivity index (χ1n) is 11.3. The number of carbonyl (C=O) groups is 1. The molecule has 0 aromatic heterocycles. The topological polar surface area (TPSA) is 41.9 Å². The van der Waals surface area contributed by atoms with Crippen LogP contribution in [-0.4, -0.2) is 35.2 Å². The Morgan fingerprint density at radius 1 is 1.06 bits per heavy atom. The molecule has 0 saturated carbocycles. The maximum absolute atomic E-state index is 13.2. The van der Waals surface area contributed by atoms with Gasteiger partial charge < -0.3 is 9.74 Å². The summed E-state index contributed by atoms with van der Waals surface area (Å²) in [6.45, 7) is 11.8. The van der Waals surface area contributed by atoms with Crippen LogP contribution in [-0.2, 0) is 15.0 Å². The lowest BCUT2D eigenvalue weighted by atomic mass is 9.85. The Labute approximate surface area is 191 Å². The number of amides is 1. The van der Waals surface area contributed by atoms with E-state index in [1.54, 1.807) is 6.08 Å². The highest BCUT2D eigenvalue weighted by molar-refractivity contribution is 6.02. The van der Waals surface area contributed by atoms with Crippen LogP contribution in [0.3, 0.4) is 0 Å². The van der Waals surface area contributed by atoms with E-state index in [9.17, 15) is 4.79 Å². The molecule has 4 nitrogen and oxygen atoms in total. The molecule has 1 amide bonds. The molecule has 0 N–H and O–H groups in total. The molecule has 1 fully saturated rings. The van der Waals surface area contributed by atoms with Crippen LogP contribution in [0, 0.1) is 0 Å². The van der Waals surface area contributed by atoms with Crippen LogP contribution in [0.4, 0.5) is 0 Å². The zero-order valence-corrected chi connectivity index (χ0v) is 19.3. The fraction of sp³-hybridized carbons (Fsp3) is 0.357. The van der Waals surface area contributed by atoms with E-state index in [0.29, 0.717) is 18.7 Å². The molecule has 2 aliphatic heterocycles. The summed E-state index contributed by atoms with van der Waals surface area (Å²) in [5.74, 6) is 0.0250. The van der Waals surface area contributed by atoms with Crippen molar-refractivity contribution in [2.75, 3.05) is 13.1 Å². The number of benzene rings is 2. The molecule has 2 aromatic carbocycles. The van der Waals surface area contributed by atoms with Crippen molar-refractivity contribution in [1.29, 1.82) is 0 Å². The lowest BCUT2D eigenvalue weighted by Crippen LogP contribution is -2.47. The summed E-state index contributed by atoms with van der Waals surface area (Å²) in [6.07, 6.45) is 5.94. The second kappa shape index (κ2) is 8.78. The number of nitrogens with zero attached hydrogens (tertiary/aromatic N) is 2.